The van der Waals surface area contributed by atoms with Gasteiger partial charge in [-0.3, -0.25) is 5.84 Å². The van der Waals surface area contributed by atoms with Crippen LogP contribution in [0.3, 0.4) is 0 Å². The van der Waals surface area contributed by atoms with E-state index in [1.54, 1.807) is 6.07 Å². The van der Waals surface area contributed by atoms with Gasteiger partial charge in [-0.05, 0) is 37.8 Å². The molecular weight excluding hydrogens is 295 g/mol. The van der Waals surface area contributed by atoms with Crippen molar-refractivity contribution in [1.82, 2.24) is 5.43 Å². The summed E-state index contributed by atoms with van der Waals surface area (Å²) in [5.74, 6) is 5.40. The van der Waals surface area contributed by atoms with Gasteiger partial charge in [0.1, 0.15) is 5.82 Å². The lowest BCUT2D eigenvalue weighted by molar-refractivity contribution is 0.541. The van der Waals surface area contributed by atoms with E-state index in [9.17, 15) is 4.39 Å². The highest BCUT2D eigenvalue weighted by molar-refractivity contribution is 9.10. The van der Waals surface area contributed by atoms with Gasteiger partial charge >= 0.3 is 0 Å². The molecule has 1 unspecified atom stereocenters. The Labute approximate surface area is 116 Å². The van der Waals surface area contributed by atoms with Crippen LogP contribution in [0.4, 0.5) is 4.39 Å². The first-order chi connectivity index (χ1) is 8.72. The Morgan fingerprint density at radius 2 is 2.11 bits per heavy atom. The van der Waals surface area contributed by atoms with Crippen molar-refractivity contribution in [2.45, 2.75) is 38.1 Å². The molecular formula is C14H18BrFN2. The molecule has 0 spiro atoms. The molecule has 1 aromatic rings. The second-order valence-corrected chi connectivity index (χ2v) is 5.56. The summed E-state index contributed by atoms with van der Waals surface area (Å²) in [6, 6.07) is 4.91. The fourth-order valence-electron chi connectivity index (χ4n) is 2.43. The van der Waals surface area contributed by atoms with E-state index in [2.05, 4.69) is 27.4 Å². The van der Waals surface area contributed by atoms with Gasteiger partial charge in [0.25, 0.3) is 0 Å². The van der Waals surface area contributed by atoms with Crippen LogP contribution in [0.1, 0.15) is 43.7 Å². The fourth-order valence-corrected chi connectivity index (χ4v) is 2.77. The van der Waals surface area contributed by atoms with Crippen LogP contribution < -0.4 is 11.3 Å². The zero-order valence-corrected chi connectivity index (χ0v) is 11.8. The molecule has 0 radical (unpaired) electrons. The molecule has 3 N–H and O–H groups in total. The summed E-state index contributed by atoms with van der Waals surface area (Å²) < 4.78 is 14.7. The summed E-state index contributed by atoms with van der Waals surface area (Å²) in [7, 11) is 0. The molecule has 0 aromatic heterocycles. The molecule has 1 aromatic carbocycles. The topological polar surface area (TPSA) is 38.0 Å². The lowest BCUT2D eigenvalue weighted by Gasteiger charge is -2.20. The maximum absolute atomic E-state index is 14.0. The minimum Gasteiger partial charge on any atom is -0.271 e. The van der Waals surface area contributed by atoms with E-state index in [4.69, 9.17) is 5.84 Å². The number of hydrogen-bond acceptors (Lipinski definition) is 2. The molecule has 0 saturated carbocycles. The van der Waals surface area contributed by atoms with Gasteiger partial charge in [0.2, 0.25) is 0 Å². The van der Waals surface area contributed by atoms with Crippen molar-refractivity contribution in [3.8, 4) is 0 Å². The molecule has 4 heteroatoms. The van der Waals surface area contributed by atoms with E-state index in [1.165, 1.54) is 24.5 Å². The summed E-state index contributed by atoms with van der Waals surface area (Å²) >= 11 is 3.27. The van der Waals surface area contributed by atoms with Gasteiger partial charge in [-0.2, -0.15) is 0 Å². The predicted octanol–water partition coefficient (Wildman–Crippen LogP) is 3.98. The number of nitrogens with two attached hydrogens (primary N) is 1. The standard InChI is InChI=1S/C14H18BrFN2/c15-11-7-8-12(13(16)9-11)14(18-17)10-5-3-1-2-4-6-10/h5,7-9,14,18H,1-4,6,17H2. The third-order valence-electron chi connectivity index (χ3n) is 3.39. The average molecular weight is 313 g/mol. The predicted molar refractivity (Wildman–Crippen MR) is 75.3 cm³/mol. The average Bonchev–Trinajstić information content (AvgIpc) is 2.62. The number of allylic oxidation sites excluding steroid dienone is 1. The maximum Gasteiger partial charge on any atom is 0.129 e. The monoisotopic (exact) mass is 312 g/mol. The first-order valence-corrected chi connectivity index (χ1v) is 7.11. The molecule has 0 bridgehead atoms. The van der Waals surface area contributed by atoms with Gasteiger partial charge in [0.15, 0.2) is 0 Å². The number of nitrogens with one attached hydrogen (secondary N) is 1. The van der Waals surface area contributed by atoms with Crippen molar-refractivity contribution in [2.75, 3.05) is 0 Å². The molecule has 0 saturated heterocycles. The lowest BCUT2D eigenvalue weighted by atomic mass is 9.95. The molecule has 0 heterocycles. The van der Waals surface area contributed by atoms with Crippen LogP contribution in [-0.4, -0.2) is 0 Å². The van der Waals surface area contributed by atoms with Gasteiger partial charge < -0.3 is 0 Å². The van der Waals surface area contributed by atoms with Gasteiger partial charge in [0, 0.05) is 10.0 Å². The Kier molecular flexibility index (Phi) is 4.92. The maximum atomic E-state index is 14.0. The molecule has 98 valence electrons. The fraction of sp³-hybridized carbons (Fsp3) is 0.429. The second kappa shape index (κ2) is 6.45. The third kappa shape index (κ3) is 3.19. The highest BCUT2D eigenvalue weighted by Crippen LogP contribution is 2.31. The Bertz CT molecular complexity index is 445. The summed E-state index contributed by atoms with van der Waals surface area (Å²) in [5, 5.41) is 0. The SMILES string of the molecule is NNC(C1=CCCCCC1)c1ccc(Br)cc1F. The normalized spacial score (nSPS) is 18.1. The second-order valence-electron chi connectivity index (χ2n) is 4.64. The first kappa shape index (κ1) is 13.7. The van der Waals surface area contributed by atoms with Gasteiger partial charge in [-0.15, -0.1) is 0 Å². The molecule has 2 nitrogen and oxygen atoms in total. The van der Waals surface area contributed by atoms with E-state index < -0.39 is 0 Å². The van der Waals surface area contributed by atoms with Crippen molar-refractivity contribution in [3.63, 3.8) is 0 Å². The Balaban J connectivity index is 2.29. The number of rotatable bonds is 3. The van der Waals surface area contributed by atoms with Crippen LogP contribution >= 0.6 is 15.9 Å². The number of hydrazine groups is 1. The van der Waals surface area contributed by atoms with E-state index in [0.29, 0.717) is 5.56 Å². The van der Waals surface area contributed by atoms with Crippen molar-refractivity contribution in [3.05, 3.63) is 45.7 Å². The summed E-state index contributed by atoms with van der Waals surface area (Å²) in [6.45, 7) is 0. The number of hydrogen-bond donors (Lipinski definition) is 2. The van der Waals surface area contributed by atoms with Crippen LogP contribution in [0, 0.1) is 5.82 Å². The van der Waals surface area contributed by atoms with Crippen LogP contribution in [0.5, 0.6) is 0 Å². The van der Waals surface area contributed by atoms with Crippen molar-refractivity contribution in [1.29, 1.82) is 0 Å². The molecule has 0 amide bonds. The Hall–Kier alpha value is -0.710. The van der Waals surface area contributed by atoms with Gasteiger partial charge in [0.05, 0.1) is 6.04 Å². The molecule has 0 fully saturated rings. The van der Waals surface area contributed by atoms with E-state index in [0.717, 1.165) is 23.7 Å². The van der Waals surface area contributed by atoms with Crippen molar-refractivity contribution in [2.24, 2.45) is 5.84 Å². The summed E-state index contributed by atoms with van der Waals surface area (Å²) in [4.78, 5) is 0. The third-order valence-corrected chi connectivity index (χ3v) is 3.88. The molecule has 1 aliphatic carbocycles. The van der Waals surface area contributed by atoms with Gasteiger partial charge in [-0.25, -0.2) is 9.82 Å². The minimum absolute atomic E-state index is 0.212. The minimum atomic E-state index is -0.225. The molecule has 1 aliphatic rings. The summed E-state index contributed by atoms with van der Waals surface area (Å²) in [5.41, 5.74) is 4.58. The van der Waals surface area contributed by atoms with Crippen LogP contribution in [-0.2, 0) is 0 Å². The smallest absolute Gasteiger partial charge is 0.129 e. The quantitative estimate of drug-likeness (QED) is 0.503. The first-order valence-electron chi connectivity index (χ1n) is 6.32. The zero-order chi connectivity index (χ0) is 13.0. The lowest BCUT2D eigenvalue weighted by Crippen LogP contribution is -2.30. The van der Waals surface area contributed by atoms with Crippen LogP contribution in [0.25, 0.3) is 0 Å². The number of halogens is 2. The summed E-state index contributed by atoms with van der Waals surface area (Å²) in [6.07, 6.45) is 7.86. The highest BCUT2D eigenvalue weighted by Gasteiger charge is 2.19. The Morgan fingerprint density at radius 3 is 2.83 bits per heavy atom. The van der Waals surface area contributed by atoms with Crippen LogP contribution in [0.2, 0.25) is 0 Å². The molecule has 1 atom stereocenters. The zero-order valence-electron chi connectivity index (χ0n) is 10.3. The van der Waals surface area contributed by atoms with Crippen LogP contribution in [0.15, 0.2) is 34.3 Å². The van der Waals surface area contributed by atoms with Gasteiger partial charge in [-0.1, -0.05) is 40.1 Å². The molecule has 2 rings (SSSR count). The number of benzene rings is 1. The highest BCUT2D eigenvalue weighted by atomic mass is 79.9. The van der Waals surface area contributed by atoms with E-state index >= 15 is 0 Å². The van der Waals surface area contributed by atoms with Crippen molar-refractivity contribution < 1.29 is 4.39 Å². The van der Waals surface area contributed by atoms with E-state index in [-0.39, 0.29) is 11.9 Å². The van der Waals surface area contributed by atoms with Crippen molar-refractivity contribution >= 4 is 15.9 Å². The molecule has 0 aliphatic heterocycles. The largest absolute Gasteiger partial charge is 0.271 e. The Morgan fingerprint density at radius 1 is 1.28 bits per heavy atom. The van der Waals surface area contributed by atoms with E-state index in [1.807, 2.05) is 6.07 Å². The molecule has 18 heavy (non-hydrogen) atoms.